The van der Waals surface area contributed by atoms with E-state index >= 15 is 0 Å². The first kappa shape index (κ1) is 16.1. The monoisotopic (exact) mass is 330 g/mol. The van der Waals surface area contributed by atoms with Crippen LogP contribution >= 0.6 is 0 Å². The summed E-state index contributed by atoms with van der Waals surface area (Å²) in [6.07, 6.45) is 0. The molecule has 6 nitrogen and oxygen atoms in total. The highest BCUT2D eigenvalue weighted by Crippen LogP contribution is 2.39. The van der Waals surface area contributed by atoms with Crippen molar-refractivity contribution < 1.29 is 9.84 Å². The third-order valence-corrected chi connectivity index (χ3v) is 3.96. The first-order valence-corrected chi connectivity index (χ1v) is 7.46. The first-order chi connectivity index (χ1) is 12.1. The number of nitrogens with zero attached hydrogens (tertiary/aromatic N) is 3. The number of aromatic amines is 1. The predicted octanol–water partition coefficient (Wildman–Crippen LogP) is 3.51. The van der Waals surface area contributed by atoms with E-state index in [9.17, 15) is 10.4 Å². The molecule has 0 spiro atoms. The number of nitriles is 2. The molecule has 3 rings (SSSR count). The van der Waals surface area contributed by atoms with Crippen molar-refractivity contribution in [2.75, 3.05) is 7.11 Å². The maximum absolute atomic E-state index is 10.4. The van der Waals surface area contributed by atoms with Crippen LogP contribution in [-0.4, -0.2) is 22.4 Å². The number of ether oxygens (including phenoxy) is 1. The average molecular weight is 330 g/mol. The van der Waals surface area contributed by atoms with E-state index in [0.29, 0.717) is 16.8 Å². The highest BCUT2D eigenvalue weighted by Gasteiger charge is 2.19. The van der Waals surface area contributed by atoms with Gasteiger partial charge in [0.15, 0.2) is 0 Å². The zero-order valence-corrected chi connectivity index (χ0v) is 13.7. The third kappa shape index (κ3) is 2.77. The Morgan fingerprint density at radius 2 is 1.72 bits per heavy atom. The van der Waals surface area contributed by atoms with E-state index in [2.05, 4.69) is 10.2 Å². The molecule has 0 saturated carbocycles. The highest BCUT2D eigenvalue weighted by molar-refractivity contribution is 5.86. The Hall–Kier alpha value is -3.77. The van der Waals surface area contributed by atoms with Crippen molar-refractivity contribution in [2.24, 2.45) is 0 Å². The maximum Gasteiger partial charge on any atom is 0.124 e. The molecule has 0 aliphatic carbocycles. The van der Waals surface area contributed by atoms with Gasteiger partial charge in [0.1, 0.15) is 29.3 Å². The van der Waals surface area contributed by atoms with Gasteiger partial charge in [0, 0.05) is 22.4 Å². The zero-order chi connectivity index (χ0) is 18.0. The lowest BCUT2D eigenvalue weighted by molar-refractivity contribution is 0.415. The van der Waals surface area contributed by atoms with Crippen LogP contribution in [0.4, 0.5) is 0 Å². The summed E-state index contributed by atoms with van der Waals surface area (Å²) in [5.41, 5.74) is 3.70. The minimum Gasteiger partial charge on any atom is -0.507 e. The summed E-state index contributed by atoms with van der Waals surface area (Å²) in [5.74, 6) is 0.653. The average Bonchev–Trinajstić information content (AvgIpc) is 3.02. The standard InChI is InChI=1S/C19H14N4O2/c1-11-18(16-7-13(9-20)14(10-21)8-17(16)24)19(23-22-11)12-3-5-15(25-2)6-4-12/h3-8,24H,1-2H3,(H,22,23). The second-order valence-corrected chi connectivity index (χ2v) is 5.44. The number of H-pyrrole nitrogens is 1. The Balaban J connectivity index is 2.21. The van der Waals surface area contributed by atoms with Crippen LogP contribution in [0.3, 0.4) is 0 Å². The number of nitrogens with one attached hydrogen (secondary N) is 1. The van der Waals surface area contributed by atoms with E-state index in [1.807, 2.05) is 43.3 Å². The normalized spacial score (nSPS) is 10.1. The molecule has 1 heterocycles. The molecule has 0 atom stereocenters. The Morgan fingerprint density at radius 1 is 1.08 bits per heavy atom. The quantitative estimate of drug-likeness (QED) is 0.764. The Morgan fingerprint density at radius 3 is 2.32 bits per heavy atom. The minimum atomic E-state index is -0.0742. The van der Waals surface area contributed by atoms with Crippen molar-refractivity contribution in [1.82, 2.24) is 10.2 Å². The van der Waals surface area contributed by atoms with Crippen LogP contribution in [0.25, 0.3) is 22.4 Å². The molecule has 0 aliphatic heterocycles. The summed E-state index contributed by atoms with van der Waals surface area (Å²) in [4.78, 5) is 0. The molecule has 0 bridgehead atoms. The van der Waals surface area contributed by atoms with Gasteiger partial charge in [-0.05, 0) is 43.3 Å². The number of phenolic OH excluding ortho intramolecular Hbond substituents is 1. The summed E-state index contributed by atoms with van der Waals surface area (Å²) in [6.45, 7) is 1.83. The molecular formula is C19H14N4O2. The fourth-order valence-corrected chi connectivity index (χ4v) is 2.69. The SMILES string of the molecule is COc1ccc(-c2n[nH]c(C)c2-c2cc(C#N)c(C#N)cc2O)cc1. The minimum absolute atomic E-state index is 0.0742. The van der Waals surface area contributed by atoms with E-state index in [0.717, 1.165) is 17.0 Å². The van der Waals surface area contributed by atoms with E-state index < -0.39 is 0 Å². The predicted molar refractivity (Wildman–Crippen MR) is 91.8 cm³/mol. The Kier molecular flexibility index (Phi) is 4.11. The number of aryl methyl sites for hydroxylation is 1. The second kappa shape index (κ2) is 6.38. The largest absolute Gasteiger partial charge is 0.507 e. The summed E-state index contributed by atoms with van der Waals surface area (Å²) in [6, 6.07) is 14.1. The third-order valence-electron chi connectivity index (χ3n) is 3.96. The number of methoxy groups -OCH3 is 1. The van der Waals surface area contributed by atoms with Gasteiger partial charge in [0.25, 0.3) is 0 Å². The van der Waals surface area contributed by atoms with E-state index in [1.165, 1.54) is 12.1 Å². The number of aromatic nitrogens is 2. The van der Waals surface area contributed by atoms with Gasteiger partial charge in [0.05, 0.1) is 18.2 Å². The van der Waals surface area contributed by atoms with Gasteiger partial charge in [-0.1, -0.05) is 0 Å². The van der Waals surface area contributed by atoms with Gasteiger partial charge in [0.2, 0.25) is 0 Å². The molecule has 0 fully saturated rings. The molecule has 6 heteroatoms. The lowest BCUT2D eigenvalue weighted by Crippen LogP contribution is -1.90. The molecule has 0 radical (unpaired) electrons. The summed E-state index contributed by atoms with van der Waals surface area (Å²) < 4.78 is 5.17. The van der Waals surface area contributed by atoms with Crippen LogP contribution in [0, 0.1) is 29.6 Å². The molecule has 122 valence electrons. The molecule has 0 saturated heterocycles. The first-order valence-electron chi connectivity index (χ1n) is 7.46. The molecule has 1 aromatic heterocycles. The molecular weight excluding hydrogens is 316 g/mol. The number of phenols is 1. The van der Waals surface area contributed by atoms with Gasteiger partial charge in [-0.15, -0.1) is 0 Å². The highest BCUT2D eigenvalue weighted by atomic mass is 16.5. The fraction of sp³-hybridized carbons (Fsp3) is 0.105. The lowest BCUT2D eigenvalue weighted by atomic mass is 9.95. The number of rotatable bonds is 3. The van der Waals surface area contributed by atoms with E-state index in [1.54, 1.807) is 7.11 Å². The fourth-order valence-electron chi connectivity index (χ4n) is 2.69. The van der Waals surface area contributed by atoms with Gasteiger partial charge in [-0.25, -0.2) is 0 Å². The van der Waals surface area contributed by atoms with Crippen LogP contribution < -0.4 is 4.74 Å². The summed E-state index contributed by atoms with van der Waals surface area (Å²) in [5, 5.41) is 36.0. The molecule has 0 aliphatic rings. The van der Waals surface area contributed by atoms with Gasteiger partial charge >= 0.3 is 0 Å². The lowest BCUT2D eigenvalue weighted by Gasteiger charge is -2.09. The zero-order valence-electron chi connectivity index (χ0n) is 13.7. The van der Waals surface area contributed by atoms with Gasteiger partial charge < -0.3 is 9.84 Å². The summed E-state index contributed by atoms with van der Waals surface area (Å²) >= 11 is 0. The number of benzene rings is 2. The molecule has 25 heavy (non-hydrogen) atoms. The van der Waals surface area contributed by atoms with E-state index in [4.69, 9.17) is 10.00 Å². The Labute approximate surface area is 144 Å². The van der Waals surface area contributed by atoms with Crippen molar-refractivity contribution in [3.63, 3.8) is 0 Å². The molecule has 2 aromatic carbocycles. The Bertz CT molecular complexity index is 1020. The van der Waals surface area contributed by atoms with Crippen LogP contribution in [0.2, 0.25) is 0 Å². The topological polar surface area (TPSA) is 106 Å². The number of hydrogen-bond donors (Lipinski definition) is 2. The molecule has 2 N–H and O–H groups in total. The number of aromatic hydroxyl groups is 1. The van der Waals surface area contributed by atoms with Crippen molar-refractivity contribution in [2.45, 2.75) is 6.92 Å². The van der Waals surface area contributed by atoms with Gasteiger partial charge in [-0.3, -0.25) is 5.10 Å². The van der Waals surface area contributed by atoms with Crippen molar-refractivity contribution in [3.8, 4) is 46.0 Å². The smallest absolute Gasteiger partial charge is 0.124 e. The van der Waals surface area contributed by atoms with E-state index in [-0.39, 0.29) is 16.9 Å². The van der Waals surface area contributed by atoms with Crippen LogP contribution in [-0.2, 0) is 0 Å². The molecule has 0 amide bonds. The van der Waals surface area contributed by atoms with Crippen molar-refractivity contribution in [3.05, 3.63) is 53.2 Å². The second-order valence-electron chi connectivity index (χ2n) is 5.44. The summed E-state index contributed by atoms with van der Waals surface area (Å²) in [7, 11) is 1.59. The van der Waals surface area contributed by atoms with Gasteiger partial charge in [-0.2, -0.15) is 15.6 Å². The van der Waals surface area contributed by atoms with Crippen LogP contribution in [0.5, 0.6) is 11.5 Å². The van der Waals surface area contributed by atoms with Crippen molar-refractivity contribution >= 4 is 0 Å². The van der Waals surface area contributed by atoms with Crippen LogP contribution in [0.15, 0.2) is 36.4 Å². The van der Waals surface area contributed by atoms with Crippen molar-refractivity contribution in [1.29, 1.82) is 10.5 Å². The van der Waals surface area contributed by atoms with Crippen LogP contribution in [0.1, 0.15) is 16.8 Å². The molecule has 0 unspecified atom stereocenters. The number of hydrogen-bond acceptors (Lipinski definition) is 5. The molecule has 3 aromatic rings. The maximum atomic E-state index is 10.4.